The van der Waals surface area contributed by atoms with E-state index in [1.807, 2.05) is 0 Å². The van der Waals surface area contributed by atoms with E-state index in [2.05, 4.69) is 59.9 Å². The standard InChI is InChI=1S/C16H31ClOSi/c1-14(11-12-17)9-8-10-15(2)13-18-19(6,7)16(3,4)5/h10-11H,8-9,12-13H2,1-7H3/b14-11+,15-10+. The van der Waals surface area contributed by atoms with Crippen LogP contribution in [0.5, 0.6) is 0 Å². The number of rotatable bonds is 7. The fraction of sp³-hybridized carbons (Fsp3) is 0.750. The quantitative estimate of drug-likeness (QED) is 0.322. The first-order valence-corrected chi connectivity index (χ1v) is 10.6. The highest BCUT2D eigenvalue weighted by atomic mass is 35.5. The lowest BCUT2D eigenvalue weighted by atomic mass is 10.1. The van der Waals surface area contributed by atoms with Crippen molar-refractivity contribution < 1.29 is 4.43 Å². The van der Waals surface area contributed by atoms with E-state index in [1.165, 1.54) is 11.1 Å². The van der Waals surface area contributed by atoms with Crippen LogP contribution in [0.4, 0.5) is 0 Å². The summed E-state index contributed by atoms with van der Waals surface area (Å²) in [5.41, 5.74) is 2.70. The molecule has 1 nitrogen and oxygen atoms in total. The summed E-state index contributed by atoms with van der Waals surface area (Å²) in [4.78, 5) is 0. The molecular formula is C16H31ClOSi. The minimum absolute atomic E-state index is 0.285. The van der Waals surface area contributed by atoms with Gasteiger partial charge in [0.25, 0.3) is 0 Å². The van der Waals surface area contributed by atoms with Crippen molar-refractivity contribution >= 4 is 19.9 Å². The summed E-state index contributed by atoms with van der Waals surface area (Å²) < 4.78 is 6.20. The molecule has 0 fully saturated rings. The number of allylic oxidation sites excluding steroid dienone is 3. The van der Waals surface area contributed by atoms with Gasteiger partial charge in [-0.2, -0.15) is 0 Å². The zero-order valence-corrected chi connectivity index (χ0v) is 15.5. The lowest BCUT2D eigenvalue weighted by Gasteiger charge is -2.36. The molecule has 0 N–H and O–H groups in total. The van der Waals surface area contributed by atoms with E-state index in [9.17, 15) is 0 Å². The first kappa shape index (κ1) is 18.9. The van der Waals surface area contributed by atoms with E-state index in [1.54, 1.807) is 0 Å². The van der Waals surface area contributed by atoms with Gasteiger partial charge >= 0.3 is 0 Å². The Morgan fingerprint density at radius 2 is 1.68 bits per heavy atom. The van der Waals surface area contributed by atoms with Gasteiger partial charge in [0.15, 0.2) is 8.32 Å². The number of hydrogen-bond acceptors (Lipinski definition) is 1. The van der Waals surface area contributed by atoms with Crippen molar-refractivity contribution in [3.63, 3.8) is 0 Å². The molecular weight excluding hydrogens is 272 g/mol. The fourth-order valence-electron chi connectivity index (χ4n) is 1.35. The molecule has 0 aromatic rings. The molecule has 0 aliphatic heterocycles. The fourth-order valence-corrected chi connectivity index (χ4v) is 2.63. The van der Waals surface area contributed by atoms with Gasteiger partial charge in [-0.3, -0.25) is 0 Å². The summed E-state index contributed by atoms with van der Waals surface area (Å²) in [5.74, 6) is 0.614. The highest BCUT2D eigenvalue weighted by Gasteiger charge is 2.36. The highest BCUT2D eigenvalue weighted by molar-refractivity contribution is 6.74. The monoisotopic (exact) mass is 302 g/mol. The molecule has 0 aromatic carbocycles. The van der Waals surface area contributed by atoms with Gasteiger partial charge in [0.1, 0.15) is 0 Å². The van der Waals surface area contributed by atoms with E-state index < -0.39 is 8.32 Å². The van der Waals surface area contributed by atoms with Crippen molar-refractivity contribution in [2.45, 2.75) is 65.6 Å². The highest BCUT2D eigenvalue weighted by Crippen LogP contribution is 2.36. The minimum Gasteiger partial charge on any atom is -0.413 e. The van der Waals surface area contributed by atoms with Gasteiger partial charge in [-0.25, -0.2) is 0 Å². The van der Waals surface area contributed by atoms with Gasteiger partial charge in [-0.05, 0) is 44.8 Å². The van der Waals surface area contributed by atoms with E-state index in [4.69, 9.17) is 16.0 Å². The molecule has 0 aliphatic rings. The molecule has 0 unspecified atom stereocenters. The summed E-state index contributed by atoms with van der Waals surface area (Å²) in [6.07, 6.45) is 6.53. The second-order valence-electron chi connectivity index (χ2n) is 6.84. The Kier molecular flexibility index (Phi) is 8.26. The second kappa shape index (κ2) is 8.28. The first-order valence-electron chi connectivity index (χ1n) is 7.11. The van der Waals surface area contributed by atoms with E-state index in [0.717, 1.165) is 19.4 Å². The Bertz CT molecular complexity index is 324. The van der Waals surface area contributed by atoms with Crippen LogP contribution in [0.15, 0.2) is 23.3 Å². The number of halogens is 1. The predicted octanol–water partition coefficient (Wildman–Crippen LogP) is 5.92. The summed E-state index contributed by atoms with van der Waals surface area (Å²) in [5, 5.41) is 0.285. The Morgan fingerprint density at radius 1 is 1.11 bits per heavy atom. The summed E-state index contributed by atoms with van der Waals surface area (Å²) in [7, 11) is -1.61. The van der Waals surface area contributed by atoms with Crippen LogP contribution in [0.2, 0.25) is 18.1 Å². The van der Waals surface area contributed by atoms with Crippen molar-refractivity contribution in [3.8, 4) is 0 Å². The predicted molar refractivity (Wildman–Crippen MR) is 90.6 cm³/mol. The summed E-state index contributed by atoms with van der Waals surface area (Å²) in [6, 6.07) is 0. The minimum atomic E-state index is -1.61. The maximum absolute atomic E-state index is 6.20. The smallest absolute Gasteiger partial charge is 0.192 e. The van der Waals surface area contributed by atoms with Crippen LogP contribution in [0, 0.1) is 0 Å². The van der Waals surface area contributed by atoms with Gasteiger partial charge in [0, 0.05) is 5.88 Å². The molecule has 0 aromatic heterocycles. The maximum atomic E-state index is 6.20. The van der Waals surface area contributed by atoms with Crippen molar-refractivity contribution in [1.29, 1.82) is 0 Å². The van der Waals surface area contributed by atoms with Gasteiger partial charge in [0.05, 0.1) is 6.61 Å². The van der Waals surface area contributed by atoms with Gasteiger partial charge in [-0.1, -0.05) is 44.1 Å². The van der Waals surface area contributed by atoms with Crippen LogP contribution in [-0.4, -0.2) is 20.8 Å². The third-order valence-corrected chi connectivity index (χ3v) is 8.56. The van der Waals surface area contributed by atoms with Crippen molar-refractivity contribution in [2.24, 2.45) is 0 Å². The zero-order chi connectivity index (χ0) is 15.1. The van der Waals surface area contributed by atoms with Crippen molar-refractivity contribution in [1.82, 2.24) is 0 Å². The summed E-state index contributed by atoms with van der Waals surface area (Å²) >= 11 is 5.67. The molecule has 0 saturated heterocycles. The molecule has 0 spiro atoms. The van der Waals surface area contributed by atoms with Crippen LogP contribution < -0.4 is 0 Å². The molecule has 0 radical (unpaired) electrons. The molecule has 112 valence electrons. The van der Waals surface area contributed by atoms with Gasteiger partial charge in [-0.15, -0.1) is 11.6 Å². The maximum Gasteiger partial charge on any atom is 0.192 e. The second-order valence-corrected chi connectivity index (χ2v) is 12.0. The van der Waals surface area contributed by atoms with E-state index in [-0.39, 0.29) is 5.04 Å². The number of hydrogen-bond donors (Lipinski definition) is 0. The molecule has 0 amide bonds. The average molecular weight is 303 g/mol. The van der Waals surface area contributed by atoms with Crippen LogP contribution in [-0.2, 0) is 4.43 Å². The summed E-state index contributed by atoms with van der Waals surface area (Å²) in [6.45, 7) is 16.5. The lowest BCUT2D eigenvalue weighted by Crippen LogP contribution is -2.41. The molecule has 0 heterocycles. The molecule has 0 atom stereocenters. The Balaban J connectivity index is 4.18. The number of alkyl halides is 1. The van der Waals surface area contributed by atoms with Gasteiger partial charge in [0.2, 0.25) is 0 Å². The molecule has 3 heteroatoms. The Morgan fingerprint density at radius 3 is 2.16 bits per heavy atom. The Hall–Kier alpha value is -0.0531. The third kappa shape index (κ3) is 7.96. The molecule has 0 aliphatic carbocycles. The largest absolute Gasteiger partial charge is 0.413 e. The lowest BCUT2D eigenvalue weighted by molar-refractivity contribution is 0.318. The van der Waals surface area contributed by atoms with Crippen molar-refractivity contribution in [2.75, 3.05) is 12.5 Å². The molecule has 0 bridgehead atoms. The van der Waals surface area contributed by atoms with Gasteiger partial charge < -0.3 is 4.43 Å². The SMILES string of the molecule is C/C(=C\CCl)CC/C=C(\C)CO[Si](C)(C)C(C)(C)C. The van der Waals surface area contributed by atoms with Crippen LogP contribution >= 0.6 is 11.6 Å². The van der Waals surface area contributed by atoms with Crippen molar-refractivity contribution in [3.05, 3.63) is 23.3 Å². The van der Waals surface area contributed by atoms with E-state index >= 15 is 0 Å². The molecule has 19 heavy (non-hydrogen) atoms. The zero-order valence-electron chi connectivity index (χ0n) is 13.8. The Labute approximate surface area is 126 Å². The van der Waals surface area contributed by atoms with Crippen LogP contribution in [0.3, 0.4) is 0 Å². The topological polar surface area (TPSA) is 9.23 Å². The molecule has 0 rings (SSSR count). The van der Waals surface area contributed by atoms with E-state index in [0.29, 0.717) is 5.88 Å². The van der Waals surface area contributed by atoms with Crippen LogP contribution in [0.1, 0.15) is 47.5 Å². The first-order chi connectivity index (χ1) is 8.60. The average Bonchev–Trinajstić information content (AvgIpc) is 2.25. The third-order valence-electron chi connectivity index (χ3n) is 3.92. The van der Waals surface area contributed by atoms with Crippen LogP contribution in [0.25, 0.3) is 0 Å². The normalized spacial score (nSPS) is 14.9. The molecule has 0 saturated carbocycles.